The molecule has 2 fully saturated rings. The third-order valence-electron chi connectivity index (χ3n) is 5.73. The van der Waals surface area contributed by atoms with E-state index in [2.05, 4.69) is 0 Å². The maximum absolute atomic E-state index is 6.43. The highest BCUT2D eigenvalue weighted by molar-refractivity contribution is 4.96. The van der Waals surface area contributed by atoms with Gasteiger partial charge in [-0.1, -0.05) is 0 Å². The highest BCUT2D eigenvalue weighted by Crippen LogP contribution is 2.33. The summed E-state index contributed by atoms with van der Waals surface area (Å²) in [6.07, 6.45) is -5.50. The molecule has 0 aliphatic carbocycles. The molecule has 0 unspecified atom stereocenters. The van der Waals surface area contributed by atoms with Gasteiger partial charge < -0.3 is 52.1 Å². The van der Waals surface area contributed by atoms with Crippen LogP contribution in [0, 0.1) is 0 Å². The molecular weight excluding hydrogens is 416 g/mol. The predicted octanol–water partition coefficient (Wildman–Crippen LogP) is -0.164. The Kier molecular flexibility index (Phi) is 11.5. The zero-order valence-corrected chi connectivity index (χ0v) is 19.7. The highest BCUT2D eigenvalue weighted by atomic mass is 16.8. The van der Waals surface area contributed by atoms with Crippen LogP contribution in [-0.2, 0) is 52.1 Å². The summed E-state index contributed by atoms with van der Waals surface area (Å²) in [5.74, 6) is 0. The van der Waals surface area contributed by atoms with Gasteiger partial charge in [0.05, 0.1) is 13.2 Å². The zero-order valence-electron chi connectivity index (χ0n) is 19.7. The average molecular weight is 455 g/mol. The quantitative estimate of drug-likeness (QED) is 0.393. The van der Waals surface area contributed by atoms with E-state index in [1.54, 1.807) is 56.9 Å². The Hall–Kier alpha value is -0.440. The van der Waals surface area contributed by atoms with Crippen molar-refractivity contribution in [1.29, 1.82) is 0 Å². The third kappa shape index (κ3) is 5.92. The van der Waals surface area contributed by atoms with Crippen molar-refractivity contribution in [2.24, 2.45) is 0 Å². The minimum atomic E-state index is -0.816. The first kappa shape index (κ1) is 26.8. The van der Waals surface area contributed by atoms with Crippen molar-refractivity contribution in [3.05, 3.63) is 0 Å². The van der Waals surface area contributed by atoms with Crippen molar-refractivity contribution in [2.45, 2.75) is 61.4 Å². The fraction of sp³-hybridized carbons (Fsp3) is 1.00. The Labute approximate surface area is 184 Å². The number of hydrogen-bond acceptors (Lipinski definition) is 11. The van der Waals surface area contributed by atoms with Gasteiger partial charge in [0.15, 0.2) is 12.6 Å². The van der Waals surface area contributed by atoms with Gasteiger partial charge in [-0.05, 0) is 0 Å². The predicted molar refractivity (Wildman–Crippen MR) is 107 cm³/mol. The lowest BCUT2D eigenvalue weighted by Gasteiger charge is -2.49. The van der Waals surface area contributed by atoms with Crippen LogP contribution < -0.4 is 0 Å². The molecule has 0 radical (unpaired) electrons. The third-order valence-corrected chi connectivity index (χ3v) is 5.73. The molecule has 2 rings (SSSR count). The maximum Gasteiger partial charge on any atom is 0.187 e. The van der Waals surface area contributed by atoms with Gasteiger partial charge in [-0.15, -0.1) is 0 Å². The summed E-state index contributed by atoms with van der Waals surface area (Å²) >= 11 is 0. The Morgan fingerprint density at radius 1 is 0.452 bits per heavy atom. The molecule has 0 saturated carbocycles. The molecule has 0 aromatic carbocycles. The first-order valence-electron chi connectivity index (χ1n) is 10.2. The molecule has 0 aromatic rings. The zero-order chi connectivity index (χ0) is 23.0. The van der Waals surface area contributed by atoms with E-state index >= 15 is 0 Å². The van der Waals surface area contributed by atoms with Crippen LogP contribution in [-0.4, -0.2) is 132 Å². The molecular formula is C20H38O11. The Balaban J connectivity index is 2.32. The van der Waals surface area contributed by atoms with E-state index in [1.807, 2.05) is 0 Å². The van der Waals surface area contributed by atoms with Gasteiger partial charge in [0.2, 0.25) is 0 Å². The number of rotatable bonds is 12. The monoisotopic (exact) mass is 454 g/mol. The van der Waals surface area contributed by atoms with E-state index in [-0.39, 0.29) is 13.2 Å². The summed E-state index contributed by atoms with van der Waals surface area (Å²) in [4.78, 5) is 0. The standard InChI is InChI=1S/C20H38O11/c1-21-9-11-13(23-3)15(24-4)18(27-7)20(30-11)31-14-12(10-22-2)29-19(28-8)17(26-6)16(14)25-5/h11-20H,9-10H2,1-8H3/t11-,12-,13-,14-,15+,16+,17-,18-,19-,20+/m0/s1. The van der Waals surface area contributed by atoms with Crippen LogP contribution in [0.4, 0.5) is 0 Å². The van der Waals surface area contributed by atoms with Crippen LogP contribution in [0.25, 0.3) is 0 Å². The lowest BCUT2D eigenvalue weighted by Crippen LogP contribution is -2.66. The van der Waals surface area contributed by atoms with Crippen LogP contribution in [0.3, 0.4) is 0 Å². The number of hydrogen-bond donors (Lipinski definition) is 0. The molecule has 2 aliphatic heterocycles. The van der Waals surface area contributed by atoms with E-state index < -0.39 is 61.4 Å². The van der Waals surface area contributed by atoms with Crippen LogP contribution in [0.5, 0.6) is 0 Å². The van der Waals surface area contributed by atoms with Crippen LogP contribution in [0.1, 0.15) is 0 Å². The molecule has 0 spiro atoms. The van der Waals surface area contributed by atoms with E-state index in [4.69, 9.17) is 52.1 Å². The average Bonchev–Trinajstić information content (AvgIpc) is 2.79. The summed E-state index contributed by atoms with van der Waals surface area (Å²) in [7, 11) is 12.6. The van der Waals surface area contributed by atoms with E-state index in [0.29, 0.717) is 0 Å². The van der Waals surface area contributed by atoms with Crippen molar-refractivity contribution < 1.29 is 52.1 Å². The van der Waals surface area contributed by atoms with Crippen molar-refractivity contribution in [1.82, 2.24) is 0 Å². The molecule has 2 heterocycles. The minimum Gasteiger partial charge on any atom is -0.382 e. The van der Waals surface area contributed by atoms with Gasteiger partial charge in [-0.25, -0.2) is 0 Å². The molecule has 2 saturated heterocycles. The molecule has 31 heavy (non-hydrogen) atoms. The lowest BCUT2D eigenvalue weighted by atomic mass is 9.96. The van der Waals surface area contributed by atoms with E-state index in [9.17, 15) is 0 Å². The van der Waals surface area contributed by atoms with E-state index in [0.717, 1.165) is 0 Å². The molecule has 11 nitrogen and oxygen atoms in total. The Morgan fingerprint density at radius 3 is 1.32 bits per heavy atom. The topological polar surface area (TPSA) is 102 Å². The summed E-state index contributed by atoms with van der Waals surface area (Å²) in [5.41, 5.74) is 0. The van der Waals surface area contributed by atoms with Gasteiger partial charge >= 0.3 is 0 Å². The molecule has 0 aromatic heterocycles. The lowest BCUT2D eigenvalue weighted by molar-refractivity contribution is -0.365. The van der Waals surface area contributed by atoms with Crippen LogP contribution >= 0.6 is 0 Å². The van der Waals surface area contributed by atoms with Crippen LogP contribution in [0.15, 0.2) is 0 Å². The second-order valence-electron chi connectivity index (χ2n) is 7.33. The van der Waals surface area contributed by atoms with Gasteiger partial charge in [0, 0.05) is 56.9 Å². The fourth-order valence-electron chi connectivity index (χ4n) is 4.29. The minimum absolute atomic E-state index is 0.251. The van der Waals surface area contributed by atoms with Crippen molar-refractivity contribution in [3.63, 3.8) is 0 Å². The van der Waals surface area contributed by atoms with Crippen molar-refractivity contribution in [3.8, 4) is 0 Å². The summed E-state index contributed by atoms with van der Waals surface area (Å²) in [5, 5.41) is 0. The molecule has 2 aliphatic rings. The molecule has 11 heteroatoms. The summed E-state index contributed by atoms with van der Waals surface area (Å²) in [6, 6.07) is 0. The van der Waals surface area contributed by atoms with Crippen LogP contribution in [0.2, 0.25) is 0 Å². The molecule has 10 atom stereocenters. The first-order chi connectivity index (χ1) is 15.0. The van der Waals surface area contributed by atoms with Gasteiger partial charge in [-0.2, -0.15) is 0 Å². The summed E-state index contributed by atoms with van der Waals surface area (Å²) in [6.45, 7) is 0.540. The highest BCUT2D eigenvalue weighted by Gasteiger charge is 2.53. The van der Waals surface area contributed by atoms with Gasteiger partial charge in [0.1, 0.15) is 48.8 Å². The summed E-state index contributed by atoms with van der Waals surface area (Å²) < 4.78 is 63.2. The second-order valence-corrected chi connectivity index (χ2v) is 7.33. The van der Waals surface area contributed by atoms with Crippen molar-refractivity contribution >= 4 is 0 Å². The van der Waals surface area contributed by atoms with E-state index in [1.165, 1.54) is 0 Å². The molecule has 0 N–H and O–H groups in total. The Bertz CT molecular complexity index is 496. The van der Waals surface area contributed by atoms with Crippen molar-refractivity contribution in [2.75, 3.05) is 70.1 Å². The fourth-order valence-corrected chi connectivity index (χ4v) is 4.29. The first-order valence-corrected chi connectivity index (χ1v) is 10.2. The SMILES string of the molecule is COC[C@@H]1O[C@H](O[C@@H]2[C@@H](OC)[C@H](OC)[C@@H](OC)O[C@H]2COC)[C@@H](OC)[C@H](OC)[C@H]1OC. The molecule has 0 amide bonds. The van der Waals surface area contributed by atoms with Gasteiger partial charge in [0.25, 0.3) is 0 Å². The second kappa shape index (κ2) is 13.3. The number of methoxy groups -OCH3 is 8. The normalized spacial score (nSPS) is 41.4. The number of ether oxygens (including phenoxy) is 11. The maximum atomic E-state index is 6.43. The van der Waals surface area contributed by atoms with Gasteiger partial charge in [-0.3, -0.25) is 0 Å². The largest absolute Gasteiger partial charge is 0.382 e. The molecule has 0 bridgehead atoms. The molecule has 184 valence electrons. The smallest absolute Gasteiger partial charge is 0.187 e. The Morgan fingerprint density at radius 2 is 0.871 bits per heavy atom.